The summed E-state index contributed by atoms with van der Waals surface area (Å²) in [6.07, 6.45) is 0.108. The third kappa shape index (κ3) is 8.59. The molecule has 1 aromatic carbocycles. The molecule has 5 N–H and O–H groups in total. The first-order chi connectivity index (χ1) is 21.9. The molecule has 0 fully saturated rings. The molecule has 17 heteroatoms. The SMILES string of the molecule is CCCP(=O)(O)Cc1ccc(Nc2ncc(C(F)(F)F)c(Nc3ccc(-c4cnn(CCCO)c4)nc3C(=O)NC)n2)c(OC)c1. The van der Waals surface area contributed by atoms with E-state index in [4.69, 9.17) is 9.84 Å². The smallest absolute Gasteiger partial charge is 0.421 e. The van der Waals surface area contributed by atoms with Crippen LogP contribution in [0.25, 0.3) is 11.3 Å². The van der Waals surface area contributed by atoms with Gasteiger partial charge in [0.1, 0.15) is 17.1 Å². The van der Waals surface area contributed by atoms with E-state index in [1.165, 1.54) is 32.5 Å². The quantitative estimate of drug-likeness (QED) is 0.113. The van der Waals surface area contributed by atoms with Crippen LogP contribution in [-0.2, 0) is 23.4 Å². The summed E-state index contributed by atoms with van der Waals surface area (Å²) in [4.78, 5) is 35.3. The van der Waals surface area contributed by atoms with Gasteiger partial charge in [-0.25, -0.2) is 9.97 Å². The second-order valence-electron chi connectivity index (χ2n) is 10.2. The van der Waals surface area contributed by atoms with E-state index >= 15 is 0 Å². The lowest BCUT2D eigenvalue weighted by Crippen LogP contribution is -2.21. The predicted octanol–water partition coefficient (Wildman–Crippen LogP) is 5.17. The van der Waals surface area contributed by atoms with Crippen LogP contribution in [0.5, 0.6) is 5.75 Å². The monoisotopic (exact) mass is 662 g/mol. The van der Waals surface area contributed by atoms with Crippen LogP contribution in [0.15, 0.2) is 48.9 Å². The number of pyridine rings is 1. The Balaban J connectivity index is 1.67. The van der Waals surface area contributed by atoms with Gasteiger partial charge in [0.05, 0.1) is 30.4 Å². The zero-order valence-electron chi connectivity index (χ0n) is 25.3. The topological polar surface area (TPSA) is 176 Å². The lowest BCUT2D eigenvalue weighted by atomic mass is 10.1. The number of ether oxygens (including phenoxy) is 1. The Kier molecular flexibility index (Phi) is 11.0. The van der Waals surface area contributed by atoms with E-state index in [-0.39, 0.29) is 42.0 Å². The van der Waals surface area contributed by atoms with Gasteiger partial charge in [-0.2, -0.15) is 23.3 Å². The largest absolute Gasteiger partial charge is 0.495 e. The Bertz CT molecular complexity index is 1730. The standard InChI is InChI=1S/C29H34F3N8O5P/c1-4-12-46(43,44)17-18-6-7-22(24(13-18)45-3)38-28-34-15-20(29(30,31)32)26(39-28)37-23-9-8-21(36-25(23)27(42)33-2)19-14-35-40(16-19)10-5-11-41/h6-9,13-16,41H,4-5,10-12,17H2,1-3H3,(H,33,42)(H,43,44)(H2,34,37,38,39). The van der Waals surface area contributed by atoms with E-state index in [9.17, 15) is 27.4 Å². The number of methoxy groups -OCH3 is 1. The van der Waals surface area contributed by atoms with E-state index in [2.05, 4.69) is 36.0 Å². The van der Waals surface area contributed by atoms with Crippen LogP contribution in [0.1, 0.15) is 41.4 Å². The number of carbonyl (C=O) groups excluding carboxylic acids is 1. The molecular formula is C29H34F3N8O5P. The number of aryl methyl sites for hydroxylation is 1. The maximum Gasteiger partial charge on any atom is 0.421 e. The lowest BCUT2D eigenvalue weighted by molar-refractivity contribution is -0.137. The van der Waals surface area contributed by atoms with Gasteiger partial charge in [0, 0.05) is 50.5 Å². The molecule has 0 saturated heterocycles. The van der Waals surface area contributed by atoms with Gasteiger partial charge >= 0.3 is 6.18 Å². The van der Waals surface area contributed by atoms with Gasteiger partial charge in [-0.3, -0.25) is 14.0 Å². The average molecular weight is 663 g/mol. The van der Waals surface area contributed by atoms with Crippen LogP contribution in [0, 0.1) is 0 Å². The van der Waals surface area contributed by atoms with E-state index in [1.54, 1.807) is 29.1 Å². The molecule has 0 saturated carbocycles. The number of nitrogens with one attached hydrogen (secondary N) is 3. The molecule has 3 heterocycles. The fourth-order valence-corrected chi connectivity index (χ4v) is 6.13. The molecule has 0 aliphatic carbocycles. The predicted molar refractivity (Wildman–Crippen MR) is 166 cm³/mol. The van der Waals surface area contributed by atoms with Gasteiger partial charge in [-0.15, -0.1) is 0 Å². The summed E-state index contributed by atoms with van der Waals surface area (Å²) >= 11 is 0. The van der Waals surface area contributed by atoms with Crippen LogP contribution >= 0.6 is 7.37 Å². The van der Waals surface area contributed by atoms with Gasteiger partial charge in [0.2, 0.25) is 13.3 Å². The number of benzene rings is 1. The maximum absolute atomic E-state index is 14.0. The van der Waals surface area contributed by atoms with Crippen molar-refractivity contribution < 1.29 is 37.3 Å². The summed E-state index contributed by atoms with van der Waals surface area (Å²) in [7, 11) is -0.642. The summed E-state index contributed by atoms with van der Waals surface area (Å²) in [6.45, 7) is 2.26. The Morgan fingerprint density at radius 1 is 1.11 bits per heavy atom. The number of aliphatic hydroxyl groups excluding tert-OH is 1. The number of rotatable bonds is 14. The van der Waals surface area contributed by atoms with E-state index in [0.717, 1.165) is 0 Å². The second kappa shape index (κ2) is 14.7. The maximum atomic E-state index is 14.0. The third-order valence-electron chi connectivity index (χ3n) is 6.67. The van der Waals surface area contributed by atoms with E-state index in [1.807, 2.05) is 6.92 Å². The van der Waals surface area contributed by atoms with Crippen molar-refractivity contribution in [1.82, 2.24) is 30.0 Å². The highest BCUT2D eigenvalue weighted by molar-refractivity contribution is 7.57. The van der Waals surface area contributed by atoms with Gasteiger partial charge in [-0.1, -0.05) is 13.0 Å². The van der Waals surface area contributed by atoms with Crippen molar-refractivity contribution in [1.29, 1.82) is 0 Å². The third-order valence-corrected chi connectivity index (χ3v) is 8.68. The van der Waals surface area contributed by atoms with E-state index < -0.39 is 30.8 Å². The lowest BCUT2D eigenvalue weighted by Gasteiger charge is -2.17. The minimum Gasteiger partial charge on any atom is -0.495 e. The van der Waals surface area contributed by atoms with Crippen LogP contribution in [0.4, 0.5) is 36.3 Å². The van der Waals surface area contributed by atoms with Gasteiger partial charge in [-0.05, 0) is 42.7 Å². The van der Waals surface area contributed by atoms with Crippen molar-refractivity contribution in [2.45, 2.75) is 38.6 Å². The Morgan fingerprint density at radius 3 is 2.54 bits per heavy atom. The second-order valence-corrected chi connectivity index (χ2v) is 12.7. The molecule has 0 bridgehead atoms. The highest BCUT2D eigenvalue weighted by Gasteiger charge is 2.36. The number of aliphatic hydroxyl groups is 1. The number of amides is 1. The summed E-state index contributed by atoms with van der Waals surface area (Å²) in [5.74, 6) is -1.26. The van der Waals surface area contributed by atoms with Gasteiger partial charge in [0.15, 0.2) is 5.69 Å². The molecule has 1 amide bonds. The van der Waals surface area contributed by atoms with Crippen molar-refractivity contribution in [2.24, 2.45) is 0 Å². The number of hydrogen-bond donors (Lipinski definition) is 5. The molecule has 0 radical (unpaired) electrons. The molecule has 4 rings (SSSR count). The number of halogens is 3. The highest BCUT2D eigenvalue weighted by atomic mass is 31.2. The number of aromatic nitrogens is 5. The fourth-order valence-electron chi connectivity index (χ4n) is 4.51. The summed E-state index contributed by atoms with van der Waals surface area (Å²) in [6, 6.07) is 7.64. The van der Waals surface area contributed by atoms with Crippen LogP contribution in [0.3, 0.4) is 0 Å². The summed E-state index contributed by atoms with van der Waals surface area (Å²) < 4.78 is 61.5. The van der Waals surface area contributed by atoms with Crippen molar-refractivity contribution in [2.75, 3.05) is 37.6 Å². The molecule has 0 aliphatic rings. The molecule has 13 nitrogen and oxygen atoms in total. The Hall–Kier alpha value is -4.53. The first kappa shape index (κ1) is 34.3. The number of hydrogen-bond acceptors (Lipinski definition) is 10. The first-order valence-corrected chi connectivity index (χ1v) is 16.2. The molecule has 0 aliphatic heterocycles. The number of carbonyl (C=O) groups is 1. The minimum atomic E-state index is -4.85. The van der Waals surface area contributed by atoms with Crippen LogP contribution in [-0.4, -0.2) is 67.6 Å². The summed E-state index contributed by atoms with van der Waals surface area (Å²) in [5.41, 5.74) is 0.338. The summed E-state index contributed by atoms with van der Waals surface area (Å²) in [5, 5.41) is 21.1. The van der Waals surface area contributed by atoms with Crippen molar-refractivity contribution in [3.63, 3.8) is 0 Å². The molecule has 3 aromatic heterocycles. The fraction of sp³-hybridized carbons (Fsp3) is 0.345. The molecule has 46 heavy (non-hydrogen) atoms. The van der Waals surface area contributed by atoms with E-state index in [0.29, 0.717) is 48.1 Å². The Labute approximate surface area is 262 Å². The zero-order valence-corrected chi connectivity index (χ0v) is 26.2. The number of anilines is 4. The first-order valence-electron chi connectivity index (χ1n) is 14.2. The van der Waals surface area contributed by atoms with Crippen molar-refractivity contribution in [3.8, 4) is 17.0 Å². The van der Waals surface area contributed by atoms with Gasteiger partial charge in [0.25, 0.3) is 5.91 Å². The Morgan fingerprint density at radius 2 is 1.87 bits per heavy atom. The normalized spacial score (nSPS) is 12.8. The molecule has 1 unspecified atom stereocenters. The molecule has 1 atom stereocenters. The minimum absolute atomic E-state index is 0.0114. The highest BCUT2D eigenvalue weighted by Crippen LogP contribution is 2.46. The zero-order chi connectivity index (χ0) is 33.5. The molecule has 4 aromatic rings. The average Bonchev–Trinajstić information content (AvgIpc) is 3.49. The van der Waals surface area contributed by atoms with Crippen molar-refractivity contribution >= 4 is 36.4 Å². The van der Waals surface area contributed by atoms with Crippen LogP contribution in [0.2, 0.25) is 0 Å². The van der Waals surface area contributed by atoms with Gasteiger partial charge < -0.3 is 30.7 Å². The molecule has 0 spiro atoms. The van der Waals surface area contributed by atoms with Crippen molar-refractivity contribution in [3.05, 3.63) is 65.7 Å². The number of alkyl halides is 3. The molecule has 246 valence electrons. The van der Waals surface area contributed by atoms with Crippen LogP contribution < -0.4 is 20.7 Å². The molecular weight excluding hydrogens is 628 g/mol. The number of nitrogens with zero attached hydrogens (tertiary/aromatic N) is 5.